The molecule has 1 atom stereocenters. The fourth-order valence-electron chi connectivity index (χ4n) is 3.93. The Labute approximate surface area is 190 Å². The summed E-state index contributed by atoms with van der Waals surface area (Å²) in [7, 11) is 0. The van der Waals surface area contributed by atoms with Gasteiger partial charge in [-0.2, -0.15) is 5.10 Å². The molecule has 0 fully saturated rings. The molecule has 0 saturated carbocycles. The van der Waals surface area contributed by atoms with Crippen molar-refractivity contribution in [2.24, 2.45) is 5.10 Å². The van der Waals surface area contributed by atoms with E-state index in [4.69, 9.17) is 22.4 Å². The largest absolute Gasteiger partial charge is 0.368 e. The van der Waals surface area contributed by atoms with Crippen LogP contribution in [0.15, 0.2) is 90.0 Å². The summed E-state index contributed by atoms with van der Waals surface area (Å²) in [6.07, 6.45) is 0.408. The van der Waals surface area contributed by atoms with E-state index in [-0.39, 0.29) is 11.9 Å². The maximum absolute atomic E-state index is 13.5. The molecular formula is C25H20ClN5O. The molecule has 0 radical (unpaired) electrons. The van der Waals surface area contributed by atoms with E-state index in [9.17, 15) is 4.79 Å². The lowest BCUT2D eigenvalue weighted by Crippen LogP contribution is -2.29. The van der Waals surface area contributed by atoms with E-state index < -0.39 is 5.92 Å². The van der Waals surface area contributed by atoms with Crippen LogP contribution in [0.25, 0.3) is 11.3 Å². The number of benzene rings is 3. The lowest BCUT2D eigenvalue weighted by Gasteiger charge is -2.24. The minimum Gasteiger partial charge on any atom is -0.368 e. The number of fused-ring (bicyclic) bond motifs is 1. The topological polar surface area (TPSA) is 85.3 Å². The number of para-hydroxylation sites is 1. The number of aromatic nitrogens is 2. The van der Waals surface area contributed by atoms with E-state index >= 15 is 0 Å². The summed E-state index contributed by atoms with van der Waals surface area (Å²) in [6.45, 7) is 0. The Balaban J connectivity index is 1.63. The standard InChI is InChI=1S/C25H20ClN5O/c26-19-13-7-8-14-20(19)28-24(32)18-15-21(16-9-3-1-4-10-16)30-31-23(18)22(29-25(31)27)17-11-5-2-6-12-17/h1-14,18H,15H2,(H2,27,29)(H,28,32). The van der Waals surface area contributed by atoms with Crippen molar-refractivity contribution in [2.75, 3.05) is 11.1 Å². The van der Waals surface area contributed by atoms with Gasteiger partial charge < -0.3 is 11.1 Å². The summed E-state index contributed by atoms with van der Waals surface area (Å²) >= 11 is 6.29. The highest BCUT2D eigenvalue weighted by atomic mass is 35.5. The number of nitrogens with two attached hydrogens (primary N) is 1. The SMILES string of the molecule is Nc1nc(-c2ccccc2)c2n1N=C(c1ccccc1)CC2C(=O)Nc1ccccc1Cl. The van der Waals surface area contributed by atoms with Crippen molar-refractivity contribution < 1.29 is 4.79 Å². The average Bonchev–Trinajstić information content (AvgIpc) is 3.17. The fraction of sp³-hybridized carbons (Fsp3) is 0.0800. The molecule has 3 N–H and O–H groups in total. The highest BCUT2D eigenvalue weighted by molar-refractivity contribution is 6.33. The molecule has 1 aromatic heterocycles. The van der Waals surface area contributed by atoms with Gasteiger partial charge in [0.1, 0.15) is 0 Å². The monoisotopic (exact) mass is 441 g/mol. The Kier molecular flexibility index (Phi) is 5.21. The molecule has 32 heavy (non-hydrogen) atoms. The molecule has 3 aromatic carbocycles. The van der Waals surface area contributed by atoms with Crippen molar-refractivity contribution in [2.45, 2.75) is 12.3 Å². The number of nitrogens with zero attached hydrogens (tertiary/aromatic N) is 3. The average molecular weight is 442 g/mol. The zero-order valence-electron chi connectivity index (χ0n) is 17.1. The highest BCUT2D eigenvalue weighted by Gasteiger charge is 2.35. The predicted octanol–water partition coefficient (Wildman–Crippen LogP) is 5.16. The summed E-state index contributed by atoms with van der Waals surface area (Å²) in [5.74, 6) is -0.513. The van der Waals surface area contributed by atoms with Crippen LogP contribution in [0, 0.1) is 0 Å². The molecule has 0 saturated heterocycles. The molecule has 1 amide bonds. The van der Waals surface area contributed by atoms with Crippen LogP contribution in [0.2, 0.25) is 5.02 Å². The molecule has 7 heteroatoms. The third-order valence-corrected chi connectivity index (χ3v) is 5.79. The number of hydrogen-bond donors (Lipinski definition) is 2. The first-order valence-corrected chi connectivity index (χ1v) is 10.6. The summed E-state index contributed by atoms with van der Waals surface area (Å²) in [5, 5.41) is 8.21. The number of anilines is 2. The maximum Gasteiger partial charge on any atom is 0.234 e. The summed E-state index contributed by atoms with van der Waals surface area (Å²) in [4.78, 5) is 18.1. The van der Waals surface area contributed by atoms with Gasteiger partial charge in [0.25, 0.3) is 0 Å². The Hall–Kier alpha value is -3.90. The number of hydrogen-bond acceptors (Lipinski definition) is 4. The molecule has 0 spiro atoms. The van der Waals surface area contributed by atoms with Crippen LogP contribution in [0.5, 0.6) is 0 Å². The number of rotatable bonds is 4. The predicted molar refractivity (Wildman–Crippen MR) is 128 cm³/mol. The second kappa shape index (κ2) is 8.32. The van der Waals surface area contributed by atoms with Gasteiger partial charge in [0.05, 0.1) is 33.7 Å². The van der Waals surface area contributed by atoms with Gasteiger partial charge >= 0.3 is 0 Å². The van der Waals surface area contributed by atoms with Crippen molar-refractivity contribution >= 4 is 34.9 Å². The second-order valence-electron chi connectivity index (χ2n) is 7.52. The van der Waals surface area contributed by atoms with Crippen LogP contribution >= 0.6 is 11.6 Å². The first kappa shape index (κ1) is 20.0. The first-order chi connectivity index (χ1) is 15.6. The van der Waals surface area contributed by atoms with E-state index in [0.717, 1.165) is 16.8 Å². The minimum atomic E-state index is -0.556. The minimum absolute atomic E-state index is 0.195. The van der Waals surface area contributed by atoms with Crippen molar-refractivity contribution in [1.82, 2.24) is 9.66 Å². The summed E-state index contributed by atoms with van der Waals surface area (Å²) < 4.78 is 1.59. The van der Waals surface area contributed by atoms with Crippen LogP contribution in [0.1, 0.15) is 23.6 Å². The third-order valence-electron chi connectivity index (χ3n) is 5.46. The van der Waals surface area contributed by atoms with Gasteiger partial charge in [0.2, 0.25) is 11.9 Å². The number of imidazole rings is 1. The van der Waals surface area contributed by atoms with Crippen LogP contribution in [-0.4, -0.2) is 21.3 Å². The molecule has 4 aromatic rings. The molecular weight excluding hydrogens is 422 g/mol. The lowest BCUT2D eigenvalue weighted by molar-refractivity contribution is -0.117. The van der Waals surface area contributed by atoms with Gasteiger partial charge in [0, 0.05) is 12.0 Å². The third kappa shape index (κ3) is 3.65. The van der Waals surface area contributed by atoms with Crippen LogP contribution < -0.4 is 11.1 Å². The number of amides is 1. The van der Waals surface area contributed by atoms with Crippen molar-refractivity contribution in [3.8, 4) is 11.3 Å². The number of nitrogens with one attached hydrogen (secondary N) is 1. The number of halogens is 1. The molecule has 0 aliphatic carbocycles. The Morgan fingerprint density at radius 3 is 2.25 bits per heavy atom. The molecule has 1 unspecified atom stereocenters. The molecule has 1 aliphatic rings. The molecule has 6 nitrogen and oxygen atoms in total. The van der Waals surface area contributed by atoms with E-state index in [2.05, 4.69) is 10.3 Å². The van der Waals surface area contributed by atoms with Gasteiger partial charge in [-0.05, 0) is 17.7 Å². The smallest absolute Gasteiger partial charge is 0.234 e. The molecule has 0 bridgehead atoms. The maximum atomic E-state index is 13.5. The van der Waals surface area contributed by atoms with E-state index in [0.29, 0.717) is 28.5 Å². The van der Waals surface area contributed by atoms with Gasteiger partial charge in [-0.25, -0.2) is 9.66 Å². The van der Waals surface area contributed by atoms with Gasteiger partial charge in [-0.15, -0.1) is 0 Å². The molecule has 1 aliphatic heterocycles. The Morgan fingerprint density at radius 1 is 0.938 bits per heavy atom. The van der Waals surface area contributed by atoms with Crippen molar-refractivity contribution in [3.05, 3.63) is 101 Å². The Bertz CT molecular complexity index is 1310. The number of carbonyl (C=O) groups excluding carboxylic acids is 1. The highest BCUT2D eigenvalue weighted by Crippen LogP contribution is 2.37. The Morgan fingerprint density at radius 2 is 1.56 bits per heavy atom. The molecule has 158 valence electrons. The lowest BCUT2D eigenvalue weighted by atomic mass is 9.90. The quantitative estimate of drug-likeness (QED) is 0.458. The number of nitrogen functional groups attached to an aromatic ring is 1. The summed E-state index contributed by atoms with van der Waals surface area (Å²) in [6, 6.07) is 26.6. The zero-order valence-corrected chi connectivity index (χ0v) is 17.8. The number of carbonyl (C=O) groups is 1. The van der Waals surface area contributed by atoms with E-state index in [1.165, 1.54) is 0 Å². The van der Waals surface area contributed by atoms with Crippen LogP contribution in [0.3, 0.4) is 0 Å². The van der Waals surface area contributed by atoms with Crippen molar-refractivity contribution in [1.29, 1.82) is 0 Å². The second-order valence-corrected chi connectivity index (χ2v) is 7.93. The molecule has 2 heterocycles. The zero-order chi connectivity index (χ0) is 22.1. The van der Waals surface area contributed by atoms with Crippen LogP contribution in [-0.2, 0) is 4.79 Å². The van der Waals surface area contributed by atoms with Gasteiger partial charge in [0.15, 0.2) is 0 Å². The van der Waals surface area contributed by atoms with Crippen molar-refractivity contribution in [3.63, 3.8) is 0 Å². The van der Waals surface area contributed by atoms with Gasteiger partial charge in [-0.1, -0.05) is 84.4 Å². The van der Waals surface area contributed by atoms with E-state index in [1.54, 1.807) is 16.8 Å². The van der Waals surface area contributed by atoms with Crippen LogP contribution in [0.4, 0.5) is 11.6 Å². The fourth-order valence-corrected chi connectivity index (χ4v) is 4.11. The summed E-state index contributed by atoms with van der Waals surface area (Å²) in [5.41, 5.74) is 10.7. The first-order valence-electron chi connectivity index (χ1n) is 10.2. The van der Waals surface area contributed by atoms with E-state index in [1.807, 2.05) is 72.8 Å². The van der Waals surface area contributed by atoms with Gasteiger partial charge in [-0.3, -0.25) is 4.79 Å². The molecule has 5 rings (SSSR count). The normalized spacial score (nSPS) is 15.0.